The van der Waals surface area contributed by atoms with Gasteiger partial charge in [0, 0.05) is 11.3 Å². The molecule has 2 heteroatoms. The molecule has 0 spiro atoms. The lowest BCUT2D eigenvalue weighted by atomic mass is 9.83. The lowest BCUT2D eigenvalue weighted by Gasteiger charge is -2.35. The van der Waals surface area contributed by atoms with Gasteiger partial charge in [-0.3, -0.25) is 0 Å². The average Bonchev–Trinajstić information content (AvgIpc) is 2.27. The van der Waals surface area contributed by atoms with Crippen LogP contribution in [-0.4, -0.2) is 24.1 Å². The van der Waals surface area contributed by atoms with Crippen molar-refractivity contribution in [3.63, 3.8) is 0 Å². The molecule has 0 amide bonds. The molecule has 0 aromatic heterocycles. The van der Waals surface area contributed by atoms with E-state index in [-0.39, 0.29) is 0 Å². The molecule has 0 radical (unpaired) electrons. The normalized spacial score (nSPS) is 31.8. The van der Waals surface area contributed by atoms with Crippen molar-refractivity contribution in [2.45, 2.75) is 63.7 Å². The van der Waals surface area contributed by atoms with E-state index in [1.165, 1.54) is 44.3 Å². The van der Waals surface area contributed by atoms with Crippen LogP contribution >= 0.6 is 11.8 Å². The fourth-order valence-corrected chi connectivity index (χ4v) is 4.12. The van der Waals surface area contributed by atoms with Crippen molar-refractivity contribution < 1.29 is 0 Å². The van der Waals surface area contributed by atoms with Crippen molar-refractivity contribution in [1.29, 1.82) is 0 Å². The summed E-state index contributed by atoms with van der Waals surface area (Å²) >= 11 is 2.20. The van der Waals surface area contributed by atoms with Gasteiger partial charge in [0.05, 0.1) is 0 Å². The summed E-state index contributed by atoms with van der Waals surface area (Å²) < 4.78 is 0. The first-order valence-electron chi connectivity index (χ1n) is 6.60. The van der Waals surface area contributed by atoms with E-state index in [0.717, 1.165) is 17.2 Å². The van der Waals surface area contributed by atoms with E-state index >= 15 is 0 Å². The lowest BCUT2D eigenvalue weighted by Crippen LogP contribution is -2.40. The van der Waals surface area contributed by atoms with Crippen LogP contribution in [0.4, 0.5) is 0 Å². The zero-order valence-electron chi connectivity index (χ0n) is 10.6. The van der Waals surface area contributed by atoms with Crippen molar-refractivity contribution in [3.8, 4) is 0 Å². The summed E-state index contributed by atoms with van der Waals surface area (Å²) in [5, 5.41) is 4.38. The molecule has 1 fully saturated rings. The van der Waals surface area contributed by atoms with Crippen LogP contribution in [0.3, 0.4) is 0 Å². The van der Waals surface area contributed by atoms with Crippen LogP contribution in [-0.2, 0) is 0 Å². The minimum Gasteiger partial charge on any atom is -0.316 e. The molecule has 1 rings (SSSR count). The molecule has 90 valence electrons. The maximum atomic E-state index is 3.50. The van der Waals surface area contributed by atoms with E-state index in [1.807, 2.05) is 0 Å². The van der Waals surface area contributed by atoms with Gasteiger partial charge in [-0.15, -0.1) is 0 Å². The highest BCUT2D eigenvalue weighted by Gasteiger charge is 2.28. The van der Waals surface area contributed by atoms with E-state index in [1.54, 1.807) is 0 Å². The van der Waals surface area contributed by atoms with Crippen LogP contribution in [0, 0.1) is 5.92 Å². The van der Waals surface area contributed by atoms with Crippen molar-refractivity contribution in [3.05, 3.63) is 0 Å². The minimum absolute atomic E-state index is 0.773. The van der Waals surface area contributed by atoms with Gasteiger partial charge in [0.15, 0.2) is 0 Å². The SMILES string of the molecule is CCCSC1CC(CCC)CCC1NC. The van der Waals surface area contributed by atoms with Gasteiger partial charge in [-0.25, -0.2) is 0 Å². The summed E-state index contributed by atoms with van der Waals surface area (Å²) in [6, 6.07) is 0.773. The second-order valence-corrected chi connectivity index (χ2v) is 6.12. The highest BCUT2D eigenvalue weighted by molar-refractivity contribution is 7.99. The van der Waals surface area contributed by atoms with Crippen LogP contribution in [0.1, 0.15) is 52.4 Å². The van der Waals surface area contributed by atoms with Crippen LogP contribution in [0.25, 0.3) is 0 Å². The molecule has 1 saturated carbocycles. The number of hydrogen-bond donors (Lipinski definition) is 1. The van der Waals surface area contributed by atoms with Gasteiger partial charge in [-0.05, 0) is 44.4 Å². The quantitative estimate of drug-likeness (QED) is 0.745. The highest BCUT2D eigenvalue weighted by atomic mass is 32.2. The van der Waals surface area contributed by atoms with Crippen molar-refractivity contribution >= 4 is 11.8 Å². The predicted octanol–water partition coefficient (Wildman–Crippen LogP) is 3.69. The molecule has 0 saturated heterocycles. The predicted molar refractivity (Wildman–Crippen MR) is 71.6 cm³/mol. The molecule has 3 unspecified atom stereocenters. The van der Waals surface area contributed by atoms with Gasteiger partial charge < -0.3 is 5.32 Å². The van der Waals surface area contributed by atoms with Gasteiger partial charge in [0.25, 0.3) is 0 Å². The first-order valence-corrected chi connectivity index (χ1v) is 7.65. The van der Waals surface area contributed by atoms with E-state index in [2.05, 4.69) is 38.0 Å². The number of nitrogens with one attached hydrogen (secondary N) is 1. The molecule has 0 aliphatic heterocycles. The molecule has 15 heavy (non-hydrogen) atoms. The van der Waals surface area contributed by atoms with Crippen molar-refractivity contribution in [2.24, 2.45) is 5.92 Å². The summed E-state index contributed by atoms with van der Waals surface area (Å²) in [5.41, 5.74) is 0. The molecular weight excluding hydrogens is 202 g/mol. The summed E-state index contributed by atoms with van der Waals surface area (Å²) in [4.78, 5) is 0. The van der Waals surface area contributed by atoms with Crippen molar-refractivity contribution in [1.82, 2.24) is 5.32 Å². The monoisotopic (exact) mass is 229 g/mol. The Morgan fingerprint density at radius 3 is 2.60 bits per heavy atom. The molecule has 1 aliphatic rings. The molecular formula is C13H27NS. The zero-order chi connectivity index (χ0) is 11.1. The average molecular weight is 229 g/mol. The van der Waals surface area contributed by atoms with Crippen LogP contribution in [0.2, 0.25) is 0 Å². The van der Waals surface area contributed by atoms with E-state index in [4.69, 9.17) is 0 Å². The molecule has 3 atom stereocenters. The molecule has 0 aromatic carbocycles. The molecule has 0 bridgehead atoms. The number of thioether (sulfide) groups is 1. The Morgan fingerprint density at radius 2 is 2.00 bits per heavy atom. The largest absolute Gasteiger partial charge is 0.316 e. The summed E-state index contributed by atoms with van der Waals surface area (Å²) in [6.45, 7) is 4.60. The van der Waals surface area contributed by atoms with Gasteiger partial charge in [-0.1, -0.05) is 26.7 Å². The van der Waals surface area contributed by atoms with E-state index < -0.39 is 0 Å². The van der Waals surface area contributed by atoms with Gasteiger partial charge in [0.2, 0.25) is 0 Å². The minimum atomic E-state index is 0.773. The van der Waals surface area contributed by atoms with Gasteiger partial charge >= 0.3 is 0 Å². The second kappa shape index (κ2) is 7.56. The van der Waals surface area contributed by atoms with Crippen LogP contribution < -0.4 is 5.32 Å². The molecule has 0 aromatic rings. The Bertz CT molecular complexity index is 161. The maximum Gasteiger partial charge on any atom is 0.0203 e. The fraction of sp³-hybridized carbons (Fsp3) is 1.00. The summed E-state index contributed by atoms with van der Waals surface area (Å²) in [5.74, 6) is 2.34. The third-order valence-electron chi connectivity index (χ3n) is 3.50. The van der Waals surface area contributed by atoms with Crippen LogP contribution in [0.5, 0.6) is 0 Å². The maximum absolute atomic E-state index is 3.50. The first-order chi connectivity index (χ1) is 7.31. The summed E-state index contributed by atoms with van der Waals surface area (Å²) in [6.07, 6.45) is 8.41. The first kappa shape index (κ1) is 13.4. The fourth-order valence-electron chi connectivity index (χ4n) is 2.67. The zero-order valence-corrected chi connectivity index (χ0v) is 11.4. The third kappa shape index (κ3) is 4.36. The Kier molecular flexibility index (Phi) is 6.74. The molecule has 1 N–H and O–H groups in total. The molecule has 1 nitrogen and oxygen atoms in total. The Balaban J connectivity index is 2.38. The third-order valence-corrected chi connectivity index (χ3v) is 5.10. The smallest absolute Gasteiger partial charge is 0.0203 e. The highest BCUT2D eigenvalue weighted by Crippen LogP contribution is 2.34. The summed E-state index contributed by atoms with van der Waals surface area (Å²) in [7, 11) is 2.13. The second-order valence-electron chi connectivity index (χ2n) is 4.77. The lowest BCUT2D eigenvalue weighted by molar-refractivity contribution is 0.295. The van der Waals surface area contributed by atoms with Gasteiger partial charge in [0.1, 0.15) is 0 Å². The van der Waals surface area contributed by atoms with Gasteiger partial charge in [-0.2, -0.15) is 11.8 Å². The number of rotatable bonds is 6. The standard InChI is InChI=1S/C13H27NS/c1-4-6-11-7-8-12(14-3)13(10-11)15-9-5-2/h11-14H,4-10H2,1-3H3. The van der Waals surface area contributed by atoms with Crippen LogP contribution in [0.15, 0.2) is 0 Å². The number of hydrogen-bond acceptors (Lipinski definition) is 2. The molecule has 1 aliphatic carbocycles. The Labute approximate surface area is 99.8 Å². The van der Waals surface area contributed by atoms with E-state index in [9.17, 15) is 0 Å². The van der Waals surface area contributed by atoms with Crippen molar-refractivity contribution in [2.75, 3.05) is 12.8 Å². The van der Waals surface area contributed by atoms with E-state index in [0.29, 0.717) is 0 Å². The Morgan fingerprint density at radius 1 is 1.20 bits per heavy atom. The topological polar surface area (TPSA) is 12.0 Å². The molecule has 0 heterocycles. The Hall–Kier alpha value is 0.310.